The number of nitrogens with two attached hydrogens (primary N) is 1. The molecule has 1 aliphatic carbocycles. The number of hydrogen-bond acceptors (Lipinski definition) is 3. The van der Waals surface area contributed by atoms with Crippen molar-refractivity contribution in [3.8, 4) is 0 Å². The van der Waals surface area contributed by atoms with Gasteiger partial charge in [-0.3, -0.25) is 9.59 Å². The third-order valence-electron chi connectivity index (χ3n) is 3.43. The average Bonchev–Trinajstić information content (AvgIpc) is 2.28. The summed E-state index contributed by atoms with van der Waals surface area (Å²) >= 11 is 0. The molecule has 88 valence electrons. The monoisotopic (exact) mass is 223 g/mol. The number of amides is 2. The van der Waals surface area contributed by atoms with Crippen molar-refractivity contribution in [3.63, 3.8) is 0 Å². The first-order chi connectivity index (χ1) is 7.69. The SMILES string of the molecule is NCCC1=NC(=O)C2(CCCCC2)C(=O)N1. The summed E-state index contributed by atoms with van der Waals surface area (Å²) in [5, 5.41) is 2.72. The Kier molecular flexibility index (Phi) is 3.05. The summed E-state index contributed by atoms with van der Waals surface area (Å²) in [6, 6.07) is 0. The number of rotatable bonds is 2. The molecule has 0 saturated heterocycles. The van der Waals surface area contributed by atoms with Crippen molar-refractivity contribution < 1.29 is 9.59 Å². The van der Waals surface area contributed by atoms with Gasteiger partial charge in [0.2, 0.25) is 5.91 Å². The maximum atomic E-state index is 12.0. The van der Waals surface area contributed by atoms with E-state index in [1.807, 2.05) is 0 Å². The molecule has 0 aromatic rings. The van der Waals surface area contributed by atoms with E-state index in [0.29, 0.717) is 31.6 Å². The van der Waals surface area contributed by atoms with Crippen LogP contribution in [0.2, 0.25) is 0 Å². The Bertz CT molecular complexity index is 343. The second kappa shape index (κ2) is 4.33. The van der Waals surface area contributed by atoms with Gasteiger partial charge in [-0.1, -0.05) is 19.3 Å². The van der Waals surface area contributed by atoms with Gasteiger partial charge < -0.3 is 11.1 Å². The Hall–Kier alpha value is -1.23. The molecule has 0 radical (unpaired) electrons. The first kappa shape index (κ1) is 11.3. The lowest BCUT2D eigenvalue weighted by Gasteiger charge is -2.35. The van der Waals surface area contributed by atoms with Crippen molar-refractivity contribution >= 4 is 17.6 Å². The Balaban J connectivity index is 2.22. The van der Waals surface area contributed by atoms with Gasteiger partial charge in [0, 0.05) is 6.42 Å². The van der Waals surface area contributed by atoms with Crippen LogP contribution in [0.1, 0.15) is 38.5 Å². The Morgan fingerprint density at radius 3 is 2.50 bits per heavy atom. The fourth-order valence-electron chi connectivity index (χ4n) is 2.46. The molecule has 0 bridgehead atoms. The predicted octanol–water partition coefficient (Wildman–Crippen LogP) is 0.341. The normalized spacial score (nSPS) is 24.2. The van der Waals surface area contributed by atoms with E-state index >= 15 is 0 Å². The highest BCUT2D eigenvalue weighted by Crippen LogP contribution is 2.39. The Morgan fingerprint density at radius 1 is 1.25 bits per heavy atom. The molecule has 0 aromatic heterocycles. The summed E-state index contributed by atoms with van der Waals surface area (Å²) in [4.78, 5) is 28.0. The van der Waals surface area contributed by atoms with Gasteiger partial charge in [0.1, 0.15) is 11.3 Å². The van der Waals surface area contributed by atoms with E-state index in [1.54, 1.807) is 0 Å². The molecule has 0 atom stereocenters. The molecule has 0 aromatic carbocycles. The van der Waals surface area contributed by atoms with E-state index in [1.165, 1.54) is 0 Å². The maximum Gasteiger partial charge on any atom is 0.263 e. The third-order valence-corrected chi connectivity index (χ3v) is 3.43. The molecule has 2 aliphatic rings. The first-order valence-corrected chi connectivity index (χ1v) is 5.82. The zero-order valence-electron chi connectivity index (χ0n) is 9.29. The van der Waals surface area contributed by atoms with Crippen LogP contribution in [-0.4, -0.2) is 24.2 Å². The topological polar surface area (TPSA) is 84.5 Å². The maximum absolute atomic E-state index is 12.0. The summed E-state index contributed by atoms with van der Waals surface area (Å²) < 4.78 is 0. The van der Waals surface area contributed by atoms with Crippen molar-refractivity contribution in [1.29, 1.82) is 0 Å². The quantitative estimate of drug-likeness (QED) is 0.662. The van der Waals surface area contributed by atoms with Crippen molar-refractivity contribution in [2.24, 2.45) is 16.1 Å². The lowest BCUT2D eigenvalue weighted by atomic mass is 9.72. The van der Waals surface area contributed by atoms with Gasteiger partial charge in [-0.2, -0.15) is 4.99 Å². The Labute approximate surface area is 94.5 Å². The van der Waals surface area contributed by atoms with E-state index in [0.717, 1.165) is 19.3 Å². The minimum Gasteiger partial charge on any atom is -0.330 e. The van der Waals surface area contributed by atoms with E-state index in [4.69, 9.17) is 5.73 Å². The predicted molar refractivity (Wildman–Crippen MR) is 59.8 cm³/mol. The van der Waals surface area contributed by atoms with Gasteiger partial charge in [0.15, 0.2) is 0 Å². The molecular formula is C11H17N3O2. The lowest BCUT2D eigenvalue weighted by Crippen LogP contribution is -2.53. The molecule has 1 spiro atoms. The minimum atomic E-state index is -0.865. The molecular weight excluding hydrogens is 206 g/mol. The van der Waals surface area contributed by atoms with Crippen LogP contribution in [0.5, 0.6) is 0 Å². The molecule has 1 heterocycles. The molecule has 2 rings (SSSR count). The average molecular weight is 223 g/mol. The largest absolute Gasteiger partial charge is 0.330 e. The summed E-state index contributed by atoms with van der Waals surface area (Å²) in [5.41, 5.74) is 4.51. The van der Waals surface area contributed by atoms with Crippen molar-refractivity contribution in [2.75, 3.05) is 6.54 Å². The fraction of sp³-hybridized carbons (Fsp3) is 0.727. The fourth-order valence-corrected chi connectivity index (χ4v) is 2.46. The van der Waals surface area contributed by atoms with Gasteiger partial charge in [-0.25, -0.2) is 0 Å². The van der Waals surface area contributed by atoms with E-state index in [2.05, 4.69) is 10.3 Å². The number of hydrogen-bond donors (Lipinski definition) is 2. The van der Waals surface area contributed by atoms with Crippen LogP contribution in [0.15, 0.2) is 4.99 Å². The van der Waals surface area contributed by atoms with Gasteiger partial charge in [0.05, 0.1) is 0 Å². The summed E-state index contributed by atoms with van der Waals surface area (Å²) in [7, 11) is 0. The van der Waals surface area contributed by atoms with Crippen LogP contribution in [0.3, 0.4) is 0 Å². The highest BCUT2D eigenvalue weighted by Gasteiger charge is 2.48. The van der Waals surface area contributed by atoms with E-state index < -0.39 is 5.41 Å². The zero-order chi connectivity index (χ0) is 11.6. The third kappa shape index (κ3) is 1.75. The summed E-state index contributed by atoms with van der Waals surface area (Å²) in [6.45, 7) is 0.388. The molecule has 1 aliphatic heterocycles. The number of amidine groups is 1. The molecule has 3 N–H and O–H groups in total. The molecule has 5 heteroatoms. The first-order valence-electron chi connectivity index (χ1n) is 5.82. The van der Waals surface area contributed by atoms with E-state index in [-0.39, 0.29) is 11.8 Å². The number of aliphatic imine (C=N–C) groups is 1. The van der Waals surface area contributed by atoms with Gasteiger partial charge in [0.25, 0.3) is 5.91 Å². The number of nitrogens with zero attached hydrogens (tertiary/aromatic N) is 1. The summed E-state index contributed by atoms with van der Waals surface area (Å²) in [6.07, 6.45) is 4.69. The highest BCUT2D eigenvalue weighted by atomic mass is 16.2. The van der Waals surface area contributed by atoms with Gasteiger partial charge in [-0.15, -0.1) is 0 Å². The Morgan fingerprint density at radius 2 is 1.94 bits per heavy atom. The molecule has 5 nitrogen and oxygen atoms in total. The molecule has 16 heavy (non-hydrogen) atoms. The smallest absolute Gasteiger partial charge is 0.263 e. The van der Waals surface area contributed by atoms with Crippen LogP contribution >= 0.6 is 0 Å². The zero-order valence-corrected chi connectivity index (χ0v) is 9.29. The van der Waals surface area contributed by atoms with Crippen molar-refractivity contribution in [2.45, 2.75) is 38.5 Å². The van der Waals surface area contributed by atoms with Crippen LogP contribution in [0, 0.1) is 5.41 Å². The molecule has 2 amide bonds. The van der Waals surface area contributed by atoms with Gasteiger partial charge in [-0.05, 0) is 19.4 Å². The van der Waals surface area contributed by atoms with E-state index in [9.17, 15) is 9.59 Å². The number of carbonyl (C=O) groups is 2. The standard InChI is InChI=1S/C11H17N3O2/c12-7-4-8-13-9(15)11(10(16)14-8)5-2-1-3-6-11/h1-7,12H2,(H,13,14,15,16). The number of nitrogens with one attached hydrogen (secondary N) is 1. The lowest BCUT2D eigenvalue weighted by molar-refractivity contribution is -0.144. The van der Waals surface area contributed by atoms with Crippen LogP contribution in [0.25, 0.3) is 0 Å². The van der Waals surface area contributed by atoms with Crippen molar-refractivity contribution in [1.82, 2.24) is 5.32 Å². The molecule has 1 fully saturated rings. The second-order valence-corrected chi connectivity index (χ2v) is 4.50. The van der Waals surface area contributed by atoms with Crippen LogP contribution in [-0.2, 0) is 9.59 Å². The van der Waals surface area contributed by atoms with Crippen LogP contribution < -0.4 is 11.1 Å². The number of carbonyl (C=O) groups excluding carboxylic acids is 2. The summed E-state index contributed by atoms with van der Waals surface area (Å²) in [5.74, 6) is -0.0104. The van der Waals surface area contributed by atoms with Crippen LogP contribution in [0.4, 0.5) is 0 Å². The second-order valence-electron chi connectivity index (χ2n) is 4.50. The molecule has 0 unspecified atom stereocenters. The van der Waals surface area contributed by atoms with Crippen molar-refractivity contribution in [3.05, 3.63) is 0 Å². The highest BCUT2D eigenvalue weighted by molar-refractivity contribution is 6.18. The minimum absolute atomic E-state index is 0.171. The van der Waals surface area contributed by atoms with Gasteiger partial charge >= 0.3 is 0 Å². The molecule has 1 saturated carbocycles.